The van der Waals surface area contributed by atoms with Gasteiger partial charge in [-0.05, 0) is 51.1 Å². The van der Waals surface area contributed by atoms with Gasteiger partial charge in [0.1, 0.15) is 0 Å². The molecule has 2 saturated heterocycles. The molecular formula is C13H24N2O2. The lowest BCUT2D eigenvalue weighted by atomic mass is 9.96. The highest BCUT2D eigenvalue weighted by atomic mass is 16.5. The number of hydrogen-bond donors (Lipinski definition) is 2. The number of carbonyl (C=O) groups is 1. The first-order valence-electron chi connectivity index (χ1n) is 6.92. The predicted octanol–water partition coefficient (Wildman–Crippen LogP) is 0.919. The number of piperidine rings is 1. The van der Waals surface area contributed by atoms with Gasteiger partial charge in [0, 0.05) is 13.2 Å². The van der Waals surface area contributed by atoms with Crippen LogP contribution in [0.1, 0.15) is 32.1 Å². The maximum atomic E-state index is 11.8. The van der Waals surface area contributed by atoms with Crippen LogP contribution in [-0.4, -0.2) is 38.8 Å². The van der Waals surface area contributed by atoms with Crippen molar-refractivity contribution in [2.45, 2.75) is 32.1 Å². The number of amides is 1. The smallest absolute Gasteiger partial charge is 0.225 e. The van der Waals surface area contributed by atoms with Crippen LogP contribution in [-0.2, 0) is 9.53 Å². The van der Waals surface area contributed by atoms with Crippen LogP contribution in [0.3, 0.4) is 0 Å². The van der Waals surface area contributed by atoms with E-state index in [4.69, 9.17) is 4.74 Å². The van der Waals surface area contributed by atoms with Gasteiger partial charge in [-0.15, -0.1) is 0 Å². The topological polar surface area (TPSA) is 50.4 Å². The Balaban J connectivity index is 1.58. The maximum Gasteiger partial charge on any atom is 0.225 e. The van der Waals surface area contributed by atoms with Crippen molar-refractivity contribution in [1.82, 2.24) is 10.6 Å². The third kappa shape index (κ3) is 4.28. The Bertz CT molecular complexity index is 234. The minimum absolute atomic E-state index is 0.0910. The Labute approximate surface area is 103 Å². The number of nitrogens with one attached hydrogen (secondary N) is 2. The quantitative estimate of drug-likeness (QED) is 0.768. The lowest BCUT2D eigenvalue weighted by Gasteiger charge is -2.24. The fraction of sp³-hybridized carbons (Fsp3) is 0.923. The van der Waals surface area contributed by atoms with Gasteiger partial charge in [-0.3, -0.25) is 4.79 Å². The minimum Gasteiger partial charge on any atom is -0.381 e. The summed E-state index contributed by atoms with van der Waals surface area (Å²) in [5, 5.41) is 6.46. The zero-order valence-electron chi connectivity index (χ0n) is 10.5. The molecule has 0 aromatic heterocycles. The summed E-state index contributed by atoms with van der Waals surface area (Å²) >= 11 is 0. The van der Waals surface area contributed by atoms with E-state index in [9.17, 15) is 4.79 Å². The molecule has 2 fully saturated rings. The highest BCUT2D eigenvalue weighted by Gasteiger charge is 2.21. The summed E-state index contributed by atoms with van der Waals surface area (Å²) in [6.45, 7) is 4.51. The second kappa shape index (κ2) is 6.97. The first-order chi connectivity index (χ1) is 8.36. The van der Waals surface area contributed by atoms with Crippen LogP contribution in [0.5, 0.6) is 0 Å². The van der Waals surface area contributed by atoms with Crippen molar-refractivity contribution in [2.24, 2.45) is 11.8 Å². The van der Waals surface area contributed by atoms with Crippen molar-refractivity contribution < 1.29 is 9.53 Å². The summed E-state index contributed by atoms with van der Waals surface area (Å²) in [5.41, 5.74) is 0. The molecule has 98 valence electrons. The molecule has 0 aromatic rings. The molecule has 2 N–H and O–H groups in total. The first kappa shape index (κ1) is 12.8. The average Bonchev–Trinajstić information content (AvgIpc) is 2.41. The van der Waals surface area contributed by atoms with E-state index in [0.717, 1.165) is 51.4 Å². The molecule has 17 heavy (non-hydrogen) atoms. The van der Waals surface area contributed by atoms with Gasteiger partial charge in [0.15, 0.2) is 0 Å². The van der Waals surface area contributed by atoms with Crippen LogP contribution in [0.25, 0.3) is 0 Å². The molecule has 2 aliphatic heterocycles. The number of carbonyl (C=O) groups excluding carboxylic acids is 1. The standard InChI is InChI=1S/C13H24N2O2/c16-13(12-4-2-8-17-10-12)15-7-5-11-3-1-6-14-9-11/h11-12,14H,1-10H2,(H,15,16). The fourth-order valence-corrected chi connectivity index (χ4v) is 2.66. The molecule has 2 rings (SSSR count). The van der Waals surface area contributed by atoms with E-state index in [1.165, 1.54) is 12.8 Å². The van der Waals surface area contributed by atoms with Crippen molar-refractivity contribution >= 4 is 5.91 Å². The summed E-state index contributed by atoms with van der Waals surface area (Å²) < 4.78 is 5.33. The molecule has 2 atom stereocenters. The molecule has 0 saturated carbocycles. The SMILES string of the molecule is O=C(NCCC1CCCNC1)C1CCCOC1. The number of ether oxygens (including phenoxy) is 1. The molecule has 4 heteroatoms. The van der Waals surface area contributed by atoms with Crippen molar-refractivity contribution in [2.75, 3.05) is 32.8 Å². The summed E-state index contributed by atoms with van der Waals surface area (Å²) in [6.07, 6.45) is 5.68. The maximum absolute atomic E-state index is 11.8. The molecule has 2 heterocycles. The molecular weight excluding hydrogens is 216 g/mol. The highest BCUT2D eigenvalue weighted by molar-refractivity contribution is 5.78. The summed E-state index contributed by atoms with van der Waals surface area (Å²) in [6, 6.07) is 0. The van der Waals surface area contributed by atoms with Crippen LogP contribution in [0, 0.1) is 11.8 Å². The van der Waals surface area contributed by atoms with Crippen molar-refractivity contribution in [3.63, 3.8) is 0 Å². The van der Waals surface area contributed by atoms with E-state index < -0.39 is 0 Å². The molecule has 0 aromatic carbocycles. The van der Waals surface area contributed by atoms with Gasteiger partial charge in [0.25, 0.3) is 0 Å². The van der Waals surface area contributed by atoms with E-state index in [0.29, 0.717) is 6.61 Å². The van der Waals surface area contributed by atoms with Crippen molar-refractivity contribution in [3.05, 3.63) is 0 Å². The lowest BCUT2D eigenvalue weighted by molar-refractivity contribution is -0.129. The molecule has 2 aliphatic rings. The van der Waals surface area contributed by atoms with E-state index in [1.54, 1.807) is 0 Å². The van der Waals surface area contributed by atoms with Gasteiger partial charge in [-0.1, -0.05) is 0 Å². The molecule has 0 aliphatic carbocycles. The second-order valence-corrected chi connectivity index (χ2v) is 5.21. The molecule has 0 bridgehead atoms. The Morgan fingerprint density at radius 3 is 3.00 bits per heavy atom. The van der Waals surface area contributed by atoms with E-state index in [-0.39, 0.29) is 11.8 Å². The van der Waals surface area contributed by atoms with Crippen LogP contribution in [0.15, 0.2) is 0 Å². The van der Waals surface area contributed by atoms with Crippen molar-refractivity contribution in [1.29, 1.82) is 0 Å². The molecule has 2 unspecified atom stereocenters. The molecule has 0 radical (unpaired) electrons. The Morgan fingerprint density at radius 2 is 2.29 bits per heavy atom. The monoisotopic (exact) mass is 240 g/mol. The predicted molar refractivity (Wildman–Crippen MR) is 66.8 cm³/mol. The summed E-state index contributed by atoms with van der Waals surface area (Å²) in [4.78, 5) is 11.8. The number of hydrogen-bond acceptors (Lipinski definition) is 3. The molecule has 1 amide bonds. The van der Waals surface area contributed by atoms with Gasteiger partial charge in [0.2, 0.25) is 5.91 Å². The van der Waals surface area contributed by atoms with Crippen molar-refractivity contribution in [3.8, 4) is 0 Å². The second-order valence-electron chi connectivity index (χ2n) is 5.21. The van der Waals surface area contributed by atoms with E-state index >= 15 is 0 Å². The Morgan fingerprint density at radius 1 is 1.35 bits per heavy atom. The van der Waals surface area contributed by atoms with E-state index in [1.807, 2.05) is 0 Å². The van der Waals surface area contributed by atoms with Gasteiger partial charge in [-0.2, -0.15) is 0 Å². The van der Waals surface area contributed by atoms with E-state index in [2.05, 4.69) is 10.6 Å². The third-order valence-electron chi connectivity index (χ3n) is 3.78. The first-order valence-corrected chi connectivity index (χ1v) is 6.92. The van der Waals surface area contributed by atoms with Crippen LogP contribution >= 0.6 is 0 Å². The Kier molecular flexibility index (Phi) is 5.26. The molecule has 0 spiro atoms. The van der Waals surface area contributed by atoms with Crippen LogP contribution < -0.4 is 10.6 Å². The van der Waals surface area contributed by atoms with Gasteiger partial charge in [-0.25, -0.2) is 0 Å². The highest BCUT2D eigenvalue weighted by Crippen LogP contribution is 2.15. The largest absolute Gasteiger partial charge is 0.381 e. The van der Waals surface area contributed by atoms with Crippen LogP contribution in [0.2, 0.25) is 0 Å². The zero-order valence-corrected chi connectivity index (χ0v) is 10.5. The normalized spacial score (nSPS) is 29.9. The van der Waals surface area contributed by atoms with Gasteiger partial charge < -0.3 is 15.4 Å². The summed E-state index contributed by atoms with van der Waals surface area (Å²) in [7, 11) is 0. The fourth-order valence-electron chi connectivity index (χ4n) is 2.66. The number of rotatable bonds is 4. The Hall–Kier alpha value is -0.610. The average molecular weight is 240 g/mol. The van der Waals surface area contributed by atoms with Crippen LogP contribution in [0.4, 0.5) is 0 Å². The summed E-state index contributed by atoms with van der Waals surface area (Å²) in [5.74, 6) is 1.02. The molecule has 4 nitrogen and oxygen atoms in total. The van der Waals surface area contributed by atoms with Gasteiger partial charge >= 0.3 is 0 Å². The van der Waals surface area contributed by atoms with Gasteiger partial charge in [0.05, 0.1) is 12.5 Å². The minimum atomic E-state index is 0.0910. The lowest BCUT2D eigenvalue weighted by Crippen LogP contribution is -2.38. The third-order valence-corrected chi connectivity index (χ3v) is 3.78. The zero-order chi connectivity index (χ0) is 11.9.